The van der Waals surface area contributed by atoms with Gasteiger partial charge in [0, 0.05) is 29.4 Å². The van der Waals surface area contributed by atoms with Crippen LogP contribution in [0.25, 0.3) is 0 Å². The first-order chi connectivity index (χ1) is 9.08. The fraction of sp³-hybridized carbons (Fsp3) is 0.214. The highest BCUT2D eigenvalue weighted by Crippen LogP contribution is 2.31. The normalized spacial score (nSPS) is 12.4. The molecular formula is C14H14Cl2N2O. The Morgan fingerprint density at radius 1 is 1.32 bits per heavy atom. The van der Waals surface area contributed by atoms with Crippen molar-refractivity contribution in [1.82, 2.24) is 10.3 Å². The van der Waals surface area contributed by atoms with Gasteiger partial charge in [0.15, 0.2) is 0 Å². The molecule has 0 bridgehead atoms. The number of hydrogen-bond donors (Lipinski definition) is 2. The van der Waals surface area contributed by atoms with E-state index in [1.54, 1.807) is 12.3 Å². The first-order valence-electron chi connectivity index (χ1n) is 5.89. The molecule has 0 saturated carbocycles. The van der Waals surface area contributed by atoms with Gasteiger partial charge in [-0.25, -0.2) is 0 Å². The highest BCUT2D eigenvalue weighted by Gasteiger charge is 2.10. The Labute approximate surface area is 122 Å². The molecule has 2 N–H and O–H groups in total. The van der Waals surface area contributed by atoms with Crippen molar-refractivity contribution in [3.8, 4) is 5.75 Å². The van der Waals surface area contributed by atoms with Crippen LogP contribution in [0.15, 0.2) is 36.5 Å². The third-order valence-electron chi connectivity index (χ3n) is 2.84. The largest absolute Gasteiger partial charge is 0.506 e. The summed E-state index contributed by atoms with van der Waals surface area (Å²) in [5, 5.41) is 13.9. The van der Waals surface area contributed by atoms with E-state index in [1.807, 2.05) is 25.1 Å². The molecule has 5 heteroatoms. The minimum Gasteiger partial charge on any atom is -0.506 e. The third kappa shape index (κ3) is 3.60. The summed E-state index contributed by atoms with van der Waals surface area (Å²) >= 11 is 11.8. The van der Waals surface area contributed by atoms with Gasteiger partial charge in [0.05, 0.1) is 10.7 Å². The zero-order chi connectivity index (χ0) is 13.8. The summed E-state index contributed by atoms with van der Waals surface area (Å²) in [7, 11) is 0. The lowest BCUT2D eigenvalue weighted by molar-refractivity contribution is 0.460. The molecule has 0 spiro atoms. The van der Waals surface area contributed by atoms with E-state index in [-0.39, 0.29) is 16.8 Å². The molecule has 0 saturated heterocycles. The van der Waals surface area contributed by atoms with Crippen LogP contribution in [0.1, 0.15) is 24.2 Å². The molecule has 19 heavy (non-hydrogen) atoms. The maximum absolute atomic E-state index is 9.86. The standard InChI is InChI=1S/C14H14Cl2N2O/c1-9(13-4-2-3-5-17-13)18-8-10-6-11(15)7-12(16)14(10)19/h2-7,9,18-19H,8H2,1H3. The van der Waals surface area contributed by atoms with Gasteiger partial charge >= 0.3 is 0 Å². The van der Waals surface area contributed by atoms with Crippen molar-refractivity contribution < 1.29 is 5.11 Å². The van der Waals surface area contributed by atoms with Crippen molar-refractivity contribution in [2.75, 3.05) is 0 Å². The van der Waals surface area contributed by atoms with E-state index in [2.05, 4.69) is 10.3 Å². The number of nitrogens with zero attached hydrogens (tertiary/aromatic N) is 1. The molecule has 2 rings (SSSR count). The first kappa shape index (κ1) is 14.1. The molecule has 0 radical (unpaired) electrons. The lowest BCUT2D eigenvalue weighted by atomic mass is 10.1. The van der Waals surface area contributed by atoms with E-state index < -0.39 is 0 Å². The van der Waals surface area contributed by atoms with Gasteiger partial charge in [-0.05, 0) is 31.2 Å². The number of aromatic nitrogens is 1. The van der Waals surface area contributed by atoms with Crippen LogP contribution < -0.4 is 5.32 Å². The molecule has 0 fully saturated rings. The minimum atomic E-state index is 0.0618. The van der Waals surface area contributed by atoms with E-state index in [9.17, 15) is 5.11 Å². The van der Waals surface area contributed by atoms with Crippen molar-refractivity contribution in [2.24, 2.45) is 0 Å². The van der Waals surface area contributed by atoms with E-state index in [4.69, 9.17) is 23.2 Å². The molecule has 1 aromatic heterocycles. The van der Waals surface area contributed by atoms with Crippen molar-refractivity contribution in [3.63, 3.8) is 0 Å². The molecule has 0 aliphatic rings. The maximum atomic E-state index is 9.86. The Morgan fingerprint density at radius 2 is 2.11 bits per heavy atom. The number of pyridine rings is 1. The molecule has 2 aromatic rings. The number of phenols is 1. The molecular weight excluding hydrogens is 283 g/mol. The number of nitrogens with one attached hydrogen (secondary N) is 1. The monoisotopic (exact) mass is 296 g/mol. The second kappa shape index (κ2) is 6.24. The van der Waals surface area contributed by atoms with Crippen molar-refractivity contribution >= 4 is 23.2 Å². The fourth-order valence-corrected chi connectivity index (χ4v) is 2.29. The summed E-state index contributed by atoms with van der Waals surface area (Å²) in [6.45, 7) is 2.47. The van der Waals surface area contributed by atoms with Crippen molar-refractivity contribution in [1.29, 1.82) is 0 Å². The average Bonchev–Trinajstić information content (AvgIpc) is 2.41. The zero-order valence-electron chi connectivity index (χ0n) is 10.4. The number of halogens is 2. The highest BCUT2D eigenvalue weighted by atomic mass is 35.5. The summed E-state index contributed by atoms with van der Waals surface area (Å²) in [6.07, 6.45) is 1.75. The Bertz CT molecular complexity index is 561. The van der Waals surface area contributed by atoms with Gasteiger partial charge in [-0.3, -0.25) is 4.98 Å². The second-order valence-electron chi connectivity index (χ2n) is 4.25. The second-order valence-corrected chi connectivity index (χ2v) is 5.10. The number of phenolic OH excluding ortho intramolecular Hbond substituents is 1. The van der Waals surface area contributed by atoms with Crippen LogP contribution in [0.5, 0.6) is 5.75 Å². The molecule has 1 heterocycles. The van der Waals surface area contributed by atoms with Crippen LogP contribution in [0.3, 0.4) is 0 Å². The fourth-order valence-electron chi connectivity index (χ4n) is 1.75. The predicted molar refractivity (Wildman–Crippen MR) is 77.6 cm³/mol. The zero-order valence-corrected chi connectivity index (χ0v) is 11.9. The number of rotatable bonds is 4. The van der Waals surface area contributed by atoms with E-state index in [0.717, 1.165) is 5.69 Å². The summed E-state index contributed by atoms with van der Waals surface area (Å²) < 4.78 is 0. The quantitative estimate of drug-likeness (QED) is 0.898. The smallest absolute Gasteiger partial charge is 0.138 e. The molecule has 1 atom stereocenters. The first-order valence-corrected chi connectivity index (χ1v) is 6.64. The Hall–Kier alpha value is -1.29. The summed E-state index contributed by atoms with van der Waals surface area (Å²) in [5.41, 5.74) is 1.61. The van der Waals surface area contributed by atoms with Gasteiger partial charge in [-0.1, -0.05) is 29.3 Å². The van der Waals surface area contributed by atoms with E-state index in [0.29, 0.717) is 17.1 Å². The van der Waals surface area contributed by atoms with Gasteiger partial charge in [-0.2, -0.15) is 0 Å². The Balaban J connectivity index is 2.07. The molecule has 0 aliphatic carbocycles. The lowest BCUT2D eigenvalue weighted by Gasteiger charge is -2.14. The van der Waals surface area contributed by atoms with Gasteiger partial charge in [0.1, 0.15) is 5.75 Å². The van der Waals surface area contributed by atoms with Crippen LogP contribution in [0.4, 0.5) is 0 Å². The number of aromatic hydroxyl groups is 1. The molecule has 0 aliphatic heterocycles. The minimum absolute atomic E-state index is 0.0618. The van der Waals surface area contributed by atoms with Crippen LogP contribution in [0.2, 0.25) is 10.0 Å². The van der Waals surface area contributed by atoms with E-state index in [1.165, 1.54) is 6.07 Å². The molecule has 3 nitrogen and oxygen atoms in total. The van der Waals surface area contributed by atoms with Crippen molar-refractivity contribution in [3.05, 3.63) is 57.8 Å². The van der Waals surface area contributed by atoms with Crippen LogP contribution in [-0.4, -0.2) is 10.1 Å². The van der Waals surface area contributed by atoms with Crippen LogP contribution in [0, 0.1) is 0 Å². The Kier molecular flexibility index (Phi) is 4.64. The summed E-state index contributed by atoms with van der Waals surface area (Å²) in [6, 6.07) is 9.04. The van der Waals surface area contributed by atoms with Crippen molar-refractivity contribution in [2.45, 2.75) is 19.5 Å². The van der Waals surface area contributed by atoms with Crippen LogP contribution >= 0.6 is 23.2 Å². The SMILES string of the molecule is CC(NCc1cc(Cl)cc(Cl)c1O)c1ccccn1. The molecule has 1 aromatic carbocycles. The van der Waals surface area contributed by atoms with Gasteiger partial charge in [-0.15, -0.1) is 0 Å². The van der Waals surface area contributed by atoms with Gasteiger partial charge in [0.2, 0.25) is 0 Å². The highest BCUT2D eigenvalue weighted by molar-refractivity contribution is 6.35. The maximum Gasteiger partial charge on any atom is 0.138 e. The number of hydrogen-bond acceptors (Lipinski definition) is 3. The topological polar surface area (TPSA) is 45.1 Å². The number of benzene rings is 1. The lowest BCUT2D eigenvalue weighted by Crippen LogP contribution is -2.19. The third-order valence-corrected chi connectivity index (χ3v) is 3.34. The average molecular weight is 297 g/mol. The molecule has 1 unspecified atom stereocenters. The Morgan fingerprint density at radius 3 is 2.79 bits per heavy atom. The predicted octanol–water partition coefficient (Wildman–Crippen LogP) is 3.94. The van der Waals surface area contributed by atoms with Gasteiger partial charge < -0.3 is 10.4 Å². The van der Waals surface area contributed by atoms with Gasteiger partial charge in [0.25, 0.3) is 0 Å². The van der Waals surface area contributed by atoms with Crippen LogP contribution in [-0.2, 0) is 6.54 Å². The summed E-state index contributed by atoms with van der Waals surface area (Å²) in [4.78, 5) is 4.27. The van der Waals surface area contributed by atoms with E-state index >= 15 is 0 Å². The molecule has 100 valence electrons. The molecule has 0 amide bonds. The summed E-state index contributed by atoms with van der Waals surface area (Å²) in [5.74, 6) is 0.0618.